The Balaban J connectivity index is 1.86. The van der Waals surface area contributed by atoms with Gasteiger partial charge >= 0.3 is 6.09 Å². The quantitative estimate of drug-likeness (QED) is 0.498. The van der Waals surface area contributed by atoms with E-state index in [2.05, 4.69) is 16.0 Å². The predicted octanol–water partition coefficient (Wildman–Crippen LogP) is 2.20. The summed E-state index contributed by atoms with van der Waals surface area (Å²) in [5.41, 5.74) is 1.07. The highest BCUT2D eigenvalue weighted by molar-refractivity contribution is 6.06. The molecule has 0 atom stereocenters. The van der Waals surface area contributed by atoms with E-state index in [9.17, 15) is 19.6 Å². The smallest absolute Gasteiger partial charge is 0.409 e. The maximum atomic E-state index is 12.3. The Morgan fingerprint density at radius 3 is 2.28 bits per heavy atom. The molecule has 1 aliphatic heterocycles. The number of anilines is 2. The van der Waals surface area contributed by atoms with Crippen molar-refractivity contribution in [3.63, 3.8) is 0 Å². The predicted molar refractivity (Wildman–Crippen MR) is 108 cm³/mol. The summed E-state index contributed by atoms with van der Waals surface area (Å²) in [4.78, 5) is 36.7. The van der Waals surface area contributed by atoms with Crippen molar-refractivity contribution < 1.29 is 19.1 Å². The summed E-state index contributed by atoms with van der Waals surface area (Å²) in [6.45, 7) is 4.63. The van der Waals surface area contributed by atoms with Crippen LogP contribution in [0.3, 0.4) is 0 Å². The van der Waals surface area contributed by atoms with E-state index in [1.54, 1.807) is 36.1 Å². The summed E-state index contributed by atoms with van der Waals surface area (Å²) in [6.07, 6.45) is 2.48. The Labute approximate surface area is 169 Å². The molecular weight excluding hydrogens is 374 g/mol. The van der Waals surface area contributed by atoms with Crippen LogP contribution in [0.4, 0.5) is 16.2 Å². The zero-order valence-electron chi connectivity index (χ0n) is 16.5. The normalized spacial score (nSPS) is 14.5. The maximum Gasteiger partial charge on any atom is 0.409 e. The van der Waals surface area contributed by atoms with Gasteiger partial charge in [-0.2, -0.15) is 5.26 Å². The summed E-state index contributed by atoms with van der Waals surface area (Å²) in [7, 11) is 0. The fraction of sp³-hybridized carbons (Fsp3) is 0.400. The second kappa shape index (κ2) is 10.7. The first-order valence-electron chi connectivity index (χ1n) is 9.40. The van der Waals surface area contributed by atoms with Gasteiger partial charge < -0.3 is 25.6 Å². The number of benzene rings is 1. The van der Waals surface area contributed by atoms with Crippen molar-refractivity contribution in [2.75, 3.05) is 30.3 Å². The van der Waals surface area contributed by atoms with Crippen LogP contribution in [0.25, 0.3) is 0 Å². The van der Waals surface area contributed by atoms with Crippen LogP contribution in [-0.2, 0) is 14.3 Å². The van der Waals surface area contributed by atoms with E-state index in [4.69, 9.17) is 4.74 Å². The number of nitrogens with one attached hydrogen (secondary N) is 3. The molecule has 0 spiro atoms. The van der Waals surface area contributed by atoms with Crippen LogP contribution >= 0.6 is 0 Å². The molecule has 9 heteroatoms. The molecule has 0 bridgehead atoms. The van der Waals surface area contributed by atoms with Crippen molar-refractivity contribution >= 4 is 29.3 Å². The number of carbonyl (C=O) groups excluding carboxylic acids is 3. The number of ether oxygens (including phenoxy) is 1. The van der Waals surface area contributed by atoms with Crippen molar-refractivity contribution in [2.24, 2.45) is 0 Å². The molecule has 3 amide bonds. The fourth-order valence-electron chi connectivity index (χ4n) is 2.83. The molecular formula is C20H25N5O4. The number of hydrogen-bond donors (Lipinski definition) is 3. The van der Waals surface area contributed by atoms with Gasteiger partial charge in [-0.05, 0) is 44.0 Å². The lowest BCUT2D eigenvalue weighted by Gasteiger charge is -2.31. The molecule has 0 unspecified atom stereocenters. The van der Waals surface area contributed by atoms with Crippen LogP contribution in [-0.4, -0.2) is 48.5 Å². The number of likely N-dealkylation sites (tertiary alicyclic amines) is 1. The minimum Gasteiger partial charge on any atom is -0.450 e. The average Bonchev–Trinajstić information content (AvgIpc) is 2.70. The Kier molecular flexibility index (Phi) is 8.03. The van der Waals surface area contributed by atoms with Gasteiger partial charge in [0.25, 0.3) is 5.91 Å². The third kappa shape index (κ3) is 6.84. The Hall–Kier alpha value is -3.54. The van der Waals surface area contributed by atoms with Crippen LogP contribution in [0.1, 0.15) is 26.7 Å². The molecule has 154 valence electrons. The summed E-state index contributed by atoms with van der Waals surface area (Å²) in [5.74, 6) is -0.716. The van der Waals surface area contributed by atoms with Crippen molar-refractivity contribution in [1.82, 2.24) is 10.2 Å². The molecule has 2 rings (SSSR count). The van der Waals surface area contributed by atoms with Crippen molar-refractivity contribution in [3.8, 4) is 6.07 Å². The van der Waals surface area contributed by atoms with E-state index in [0.717, 1.165) is 0 Å². The first kappa shape index (κ1) is 21.8. The SMILES string of the molecule is CCOC(=O)N1CCC(N/C=C(/C#N)C(=O)Nc2ccc(NC(C)=O)cc2)CC1. The molecule has 1 saturated heterocycles. The van der Waals surface area contributed by atoms with E-state index in [1.165, 1.54) is 13.1 Å². The van der Waals surface area contributed by atoms with E-state index in [-0.39, 0.29) is 23.6 Å². The molecule has 0 saturated carbocycles. The van der Waals surface area contributed by atoms with Crippen LogP contribution in [0.2, 0.25) is 0 Å². The molecule has 1 fully saturated rings. The summed E-state index contributed by atoms with van der Waals surface area (Å²) < 4.78 is 4.98. The Morgan fingerprint density at radius 2 is 1.76 bits per heavy atom. The van der Waals surface area contributed by atoms with Crippen LogP contribution in [0.15, 0.2) is 36.0 Å². The number of nitrogens with zero attached hydrogens (tertiary/aromatic N) is 2. The van der Waals surface area contributed by atoms with Crippen LogP contribution in [0, 0.1) is 11.3 Å². The maximum absolute atomic E-state index is 12.3. The van der Waals surface area contributed by atoms with E-state index in [0.29, 0.717) is 43.9 Å². The van der Waals surface area contributed by atoms with E-state index in [1.807, 2.05) is 6.07 Å². The first-order valence-corrected chi connectivity index (χ1v) is 9.40. The molecule has 1 aromatic rings. The molecule has 1 heterocycles. The van der Waals surface area contributed by atoms with Gasteiger partial charge in [-0.3, -0.25) is 9.59 Å². The minimum atomic E-state index is -0.531. The van der Waals surface area contributed by atoms with E-state index < -0.39 is 5.91 Å². The average molecular weight is 399 g/mol. The van der Waals surface area contributed by atoms with Gasteiger partial charge in [0.15, 0.2) is 0 Å². The van der Waals surface area contributed by atoms with Crippen LogP contribution < -0.4 is 16.0 Å². The summed E-state index contributed by atoms with van der Waals surface area (Å²) >= 11 is 0. The molecule has 9 nitrogen and oxygen atoms in total. The number of amides is 3. The number of nitriles is 1. The number of piperidine rings is 1. The number of carbonyl (C=O) groups is 3. The van der Waals surface area contributed by atoms with Crippen molar-refractivity contribution in [3.05, 3.63) is 36.0 Å². The summed E-state index contributed by atoms with van der Waals surface area (Å²) in [5, 5.41) is 17.7. The van der Waals surface area contributed by atoms with Crippen molar-refractivity contribution in [2.45, 2.75) is 32.7 Å². The highest BCUT2D eigenvalue weighted by atomic mass is 16.6. The van der Waals surface area contributed by atoms with Gasteiger partial charge in [-0.1, -0.05) is 0 Å². The first-order chi connectivity index (χ1) is 13.9. The lowest BCUT2D eigenvalue weighted by molar-refractivity contribution is -0.114. The van der Waals surface area contributed by atoms with Crippen LogP contribution in [0.5, 0.6) is 0 Å². The molecule has 3 N–H and O–H groups in total. The molecule has 0 aromatic heterocycles. The lowest BCUT2D eigenvalue weighted by atomic mass is 10.1. The van der Waals surface area contributed by atoms with Gasteiger partial charge in [0.2, 0.25) is 5.91 Å². The third-order valence-electron chi connectivity index (χ3n) is 4.31. The highest BCUT2D eigenvalue weighted by Crippen LogP contribution is 2.15. The lowest BCUT2D eigenvalue weighted by Crippen LogP contribution is -2.44. The Morgan fingerprint density at radius 1 is 1.17 bits per heavy atom. The zero-order chi connectivity index (χ0) is 21.2. The minimum absolute atomic E-state index is 0.0521. The van der Waals surface area contributed by atoms with Gasteiger partial charge in [0.1, 0.15) is 11.6 Å². The monoisotopic (exact) mass is 399 g/mol. The number of rotatable bonds is 6. The molecule has 1 aliphatic rings. The number of hydrogen-bond acceptors (Lipinski definition) is 6. The second-order valence-corrected chi connectivity index (χ2v) is 6.51. The third-order valence-corrected chi connectivity index (χ3v) is 4.31. The molecule has 29 heavy (non-hydrogen) atoms. The van der Waals surface area contributed by atoms with Crippen molar-refractivity contribution in [1.29, 1.82) is 5.26 Å². The molecule has 0 radical (unpaired) electrons. The topological polar surface area (TPSA) is 124 Å². The Bertz CT molecular complexity index is 805. The molecule has 0 aliphatic carbocycles. The van der Waals surface area contributed by atoms with Gasteiger partial charge in [-0.25, -0.2) is 4.79 Å². The highest BCUT2D eigenvalue weighted by Gasteiger charge is 2.23. The van der Waals surface area contributed by atoms with Gasteiger partial charge in [0, 0.05) is 43.6 Å². The van der Waals surface area contributed by atoms with Gasteiger partial charge in [0.05, 0.1) is 6.61 Å². The molecule has 1 aromatic carbocycles. The zero-order valence-corrected chi connectivity index (χ0v) is 16.5. The van der Waals surface area contributed by atoms with E-state index >= 15 is 0 Å². The largest absolute Gasteiger partial charge is 0.450 e. The fourth-order valence-corrected chi connectivity index (χ4v) is 2.83. The van der Waals surface area contributed by atoms with Gasteiger partial charge in [-0.15, -0.1) is 0 Å². The second-order valence-electron chi connectivity index (χ2n) is 6.51. The summed E-state index contributed by atoms with van der Waals surface area (Å²) in [6, 6.07) is 8.53. The standard InChI is InChI=1S/C20H25N5O4/c1-3-29-20(28)25-10-8-16(9-11-25)22-13-15(12-21)19(27)24-18-6-4-17(5-7-18)23-14(2)26/h4-7,13,16,22H,3,8-11H2,1-2H3,(H,23,26)(H,24,27)/b15-13-.